The van der Waals surface area contributed by atoms with E-state index in [2.05, 4.69) is 44.2 Å². The quantitative estimate of drug-likeness (QED) is 0.587. The van der Waals surface area contributed by atoms with Crippen LogP contribution in [0, 0.1) is 13.8 Å². The third kappa shape index (κ3) is 2.42. The molecule has 0 saturated carbocycles. The maximum atomic E-state index is 5.69. The van der Waals surface area contributed by atoms with Gasteiger partial charge in [0.15, 0.2) is 6.79 Å². The average molecular weight is 230 g/mol. The van der Waals surface area contributed by atoms with Gasteiger partial charge in [-0.25, -0.2) is 0 Å². The minimum atomic E-state index is 0.316. The molecule has 0 aromatic heterocycles. The molecule has 0 spiro atoms. The van der Waals surface area contributed by atoms with Crippen molar-refractivity contribution < 1.29 is 9.47 Å². The van der Waals surface area contributed by atoms with Crippen LogP contribution < -0.4 is 4.74 Å². The van der Waals surface area contributed by atoms with Crippen molar-refractivity contribution in [1.29, 1.82) is 0 Å². The van der Waals surface area contributed by atoms with Crippen LogP contribution in [0.15, 0.2) is 30.3 Å². The molecule has 2 nitrogen and oxygen atoms in total. The predicted molar refractivity (Wildman–Crippen MR) is 70.5 cm³/mol. The van der Waals surface area contributed by atoms with Crippen LogP contribution in [0.2, 0.25) is 0 Å². The highest BCUT2D eigenvalue weighted by atomic mass is 16.7. The second-order valence-electron chi connectivity index (χ2n) is 4.12. The van der Waals surface area contributed by atoms with E-state index in [1.807, 2.05) is 6.92 Å². The number of fused-ring (bicyclic) bond motifs is 1. The third-order valence-electron chi connectivity index (χ3n) is 2.93. The van der Waals surface area contributed by atoms with Crippen molar-refractivity contribution in [1.82, 2.24) is 0 Å². The van der Waals surface area contributed by atoms with Crippen LogP contribution in [0.4, 0.5) is 0 Å². The van der Waals surface area contributed by atoms with E-state index < -0.39 is 0 Å². The summed E-state index contributed by atoms with van der Waals surface area (Å²) in [7, 11) is 0. The van der Waals surface area contributed by atoms with E-state index in [0.717, 1.165) is 11.3 Å². The first-order chi connectivity index (χ1) is 8.24. The lowest BCUT2D eigenvalue weighted by Crippen LogP contribution is -2.04. The summed E-state index contributed by atoms with van der Waals surface area (Å²) in [6, 6.07) is 10.5. The SMILES string of the molecule is CCOCOc1c(C)cc2ccccc2c1C. The lowest BCUT2D eigenvalue weighted by Gasteiger charge is -2.14. The summed E-state index contributed by atoms with van der Waals surface area (Å²) in [5, 5.41) is 2.50. The zero-order chi connectivity index (χ0) is 12.3. The first-order valence-corrected chi connectivity index (χ1v) is 5.93. The van der Waals surface area contributed by atoms with Crippen molar-refractivity contribution in [3.63, 3.8) is 0 Å². The van der Waals surface area contributed by atoms with Crippen molar-refractivity contribution in [2.75, 3.05) is 13.4 Å². The van der Waals surface area contributed by atoms with Gasteiger partial charge < -0.3 is 9.47 Å². The first-order valence-electron chi connectivity index (χ1n) is 5.93. The molecule has 0 unspecified atom stereocenters. The minimum Gasteiger partial charge on any atom is -0.467 e. The molecule has 0 saturated heterocycles. The van der Waals surface area contributed by atoms with Gasteiger partial charge >= 0.3 is 0 Å². The van der Waals surface area contributed by atoms with E-state index in [9.17, 15) is 0 Å². The first kappa shape index (κ1) is 11.9. The molecule has 0 heterocycles. The monoisotopic (exact) mass is 230 g/mol. The van der Waals surface area contributed by atoms with Crippen molar-refractivity contribution in [3.8, 4) is 5.75 Å². The Morgan fingerprint density at radius 3 is 2.65 bits per heavy atom. The fourth-order valence-electron chi connectivity index (χ4n) is 2.09. The molecule has 0 bridgehead atoms. The van der Waals surface area contributed by atoms with Crippen molar-refractivity contribution in [3.05, 3.63) is 41.5 Å². The van der Waals surface area contributed by atoms with Crippen molar-refractivity contribution >= 4 is 10.8 Å². The summed E-state index contributed by atoms with van der Waals surface area (Å²) in [4.78, 5) is 0. The molecule has 2 heteroatoms. The van der Waals surface area contributed by atoms with Gasteiger partial charge in [0.05, 0.1) is 0 Å². The van der Waals surface area contributed by atoms with E-state index in [-0.39, 0.29) is 0 Å². The Balaban J connectivity index is 2.41. The van der Waals surface area contributed by atoms with Gasteiger partial charge in [-0.1, -0.05) is 24.3 Å². The van der Waals surface area contributed by atoms with Gasteiger partial charge in [0, 0.05) is 6.61 Å². The second-order valence-corrected chi connectivity index (χ2v) is 4.12. The van der Waals surface area contributed by atoms with Crippen molar-refractivity contribution in [2.24, 2.45) is 0 Å². The molecular formula is C15H18O2. The highest BCUT2D eigenvalue weighted by Gasteiger charge is 2.08. The van der Waals surface area contributed by atoms with Gasteiger partial charge in [-0.05, 0) is 48.7 Å². The number of hydrogen-bond donors (Lipinski definition) is 0. The van der Waals surface area contributed by atoms with Crippen molar-refractivity contribution in [2.45, 2.75) is 20.8 Å². The van der Waals surface area contributed by atoms with Crippen LogP contribution in [-0.2, 0) is 4.74 Å². The Labute approximate surface area is 102 Å². The van der Waals surface area contributed by atoms with E-state index in [4.69, 9.17) is 9.47 Å². The van der Waals surface area contributed by atoms with Gasteiger partial charge in [0.1, 0.15) is 5.75 Å². The highest BCUT2D eigenvalue weighted by molar-refractivity contribution is 5.88. The van der Waals surface area contributed by atoms with Crippen LogP contribution in [0.3, 0.4) is 0 Å². The molecule has 0 aliphatic heterocycles. The van der Waals surface area contributed by atoms with Crippen LogP contribution in [0.1, 0.15) is 18.1 Å². The molecule has 0 amide bonds. The number of benzene rings is 2. The van der Waals surface area contributed by atoms with Gasteiger partial charge in [0.25, 0.3) is 0 Å². The molecule has 2 rings (SSSR count). The molecule has 17 heavy (non-hydrogen) atoms. The molecule has 0 radical (unpaired) electrons. The minimum absolute atomic E-state index is 0.316. The van der Waals surface area contributed by atoms with E-state index in [1.54, 1.807) is 0 Å². The van der Waals surface area contributed by atoms with E-state index >= 15 is 0 Å². The highest BCUT2D eigenvalue weighted by Crippen LogP contribution is 2.30. The Kier molecular flexibility index (Phi) is 3.64. The average Bonchev–Trinajstić information content (AvgIpc) is 2.33. The lowest BCUT2D eigenvalue weighted by molar-refractivity contribution is 0.0217. The predicted octanol–water partition coefficient (Wildman–Crippen LogP) is 3.83. The largest absolute Gasteiger partial charge is 0.467 e. The van der Waals surface area contributed by atoms with E-state index in [0.29, 0.717) is 13.4 Å². The smallest absolute Gasteiger partial charge is 0.189 e. The molecule has 0 atom stereocenters. The third-order valence-corrected chi connectivity index (χ3v) is 2.93. The van der Waals surface area contributed by atoms with Crippen LogP contribution in [0.25, 0.3) is 10.8 Å². The summed E-state index contributed by atoms with van der Waals surface area (Å²) in [5.41, 5.74) is 2.33. The van der Waals surface area contributed by atoms with Crippen LogP contribution in [-0.4, -0.2) is 13.4 Å². The zero-order valence-electron chi connectivity index (χ0n) is 10.6. The molecule has 0 aliphatic rings. The zero-order valence-corrected chi connectivity index (χ0v) is 10.6. The molecule has 2 aromatic carbocycles. The Hall–Kier alpha value is -1.54. The topological polar surface area (TPSA) is 18.5 Å². The van der Waals surface area contributed by atoms with Gasteiger partial charge in [-0.15, -0.1) is 0 Å². The number of rotatable bonds is 4. The molecule has 90 valence electrons. The summed E-state index contributed by atoms with van der Waals surface area (Å²) in [6.07, 6.45) is 0. The Morgan fingerprint density at radius 1 is 1.12 bits per heavy atom. The standard InChI is InChI=1S/C15H18O2/c1-4-16-10-17-15-11(2)9-13-7-5-6-8-14(13)12(15)3/h5-9H,4,10H2,1-3H3. The number of hydrogen-bond acceptors (Lipinski definition) is 2. The summed E-state index contributed by atoms with van der Waals surface area (Å²) < 4.78 is 10.9. The fraction of sp³-hybridized carbons (Fsp3) is 0.333. The summed E-state index contributed by atoms with van der Waals surface area (Å²) in [5.74, 6) is 0.942. The Morgan fingerprint density at radius 2 is 1.88 bits per heavy atom. The molecule has 0 N–H and O–H groups in total. The fourth-order valence-corrected chi connectivity index (χ4v) is 2.09. The maximum Gasteiger partial charge on any atom is 0.189 e. The number of aryl methyl sites for hydroxylation is 2. The van der Waals surface area contributed by atoms with Crippen LogP contribution in [0.5, 0.6) is 5.75 Å². The van der Waals surface area contributed by atoms with Gasteiger partial charge in [-0.2, -0.15) is 0 Å². The van der Waals surface area contributed by atoms with Crippen LogP contribution >= 0.6 is 0 Å². The lowest BCUT2D eigenvalue weighted by atomic mass is 10.0. The molecule has 2 aromatic rings. The molecule has 0 aliphatic carbocycles. The number of ether oxygens (including phenoxy) is 2. The maximum absolute atomic E-state index is 5.69. The normalized spacial score (nSPS) is 10.8. The molecule has 0 fully saturated rings. The summed E-state index contributed by atoms with van der Waals surface area (Å²) >= 11 is 0. The van der Waals surface area contributed by atoms with Gasteiger partial charge in [0.2, 0.25) is 0 Å². The molecular weight excluding hydrogens is 212 g/mol. The Bertz CT molecular complexity index is 518. The summed E-state index contributed by atoms with van der Waals surface area (Å²) in [6.45, 7) is 7.11. The van der Waals surface area contributed by atoms with Gasteiger partial charge in [-0.3, -0.25) is 0 Å². The second kappa shape index (κ2) is 5.19. The van der Waals surface area contributed by atoms with E-state index in [1.165, 1.54) is 16.3 Å².